The van der Waals surface area contributed by atoms with Crippen molar-refractivity contribution in [1.82, 2.24) is 9.66 Å². The highest BCUT2D eigenvalue weighted by Gasteiger charge is 2.08. The predicted octanol–water partition coefficient (Wildman–Crippen LogP) is 4.72. The molecule has 3 nitrogen and oxygen atoms in total. The van der Waals surface area contributed by atoms with Crippen LogP contribution >= 0.6 is 0 Å². The molecule has 0 amide bonds. The van der Waals surface area contributed by atoms with Crippen LogP contribution in [0.1, 0.15) is 17.0 Å². The van der Waals surface area contributed by atoms with Crippen molar-refractivity contribution in [3.8, 4) is 11.3 Å². The van der Waals surface area contributed by atoms with Gasteiger partial charge in [0.25, 0.3) is 0 Å². The molecule has 4 heteroatoms. The van der Waals surface area contributed by atoms with Crippen molar-refractivity contribution in [3.63, 3.8) is 0 Å². The summed E-state index contributed by atoms with van der Waals surface area (Å²) in [7, 11) is 0. The van der Waals surface area contributed by atoms with E-state index < -0.39 is 0 Å². The number of hydrogen-bond donors (Lipinski definition) is 0. The number of allylic oxidation sites excluding steroid dienone is 1. The first-order valence-electron chi connectivity index (χ1n) is 7.70. The van der Waals surface area contributed by atoms with E-state index in [1.54, 1.807) is 16.9 Å². The minimum atomic E-state index is -0.225. The Labute approximate surface area is 140 Å². The first kappa shape index (κ1) is 15.9. The van der Waals surface area contributed by atoms with E-state index in [2.05, 4.69) is 28.9 Å². The molecule has 0 atom stereocenters. The molecule has 1 heterocycles. The summed E-state index contributed by atoms with van der Waals surface area (Å²) < 4.78 is 14.9. The van der Waals surface area contributed by atoms with Gasteiger partial charge in [-0.15, -0.1) is 0 Å². The quantitative estimate of drug-likeness (QED) is 0.626. The maximum atomic E-state index is 13.2. The fourth-order valence-electron chi connectivity index (χ4n) is 2.51. The van der Waals surface area contributed by atoms with Gasteiger partial charge in [-0.3, -0.25) is 0 Å². The molecular formula is C20H18FN3. The van der Waals surface area contributed by atoms with Crippen molar-refractivity contribution in [1.29, 1.82) is 0 Å². The Morgan fingerprint density at radius 2 is 2.00 bits per heavy atom. The lowest BCUT2D eigenvalue weighted by Gasteiger charge is -2.04. The summed E-state index contributed by atoms with van der Waals surface area (Å²) in [5.41, 5.74) is 4.03. The molecule has 0 radical (unpaired) electrons. The fourth-order valence-corrected chi connectivity index (χ4v) is 2.51. The van der Waals surface area contributed by atoms with E-state index in [9.17, 15) is 4.39 Å². The minimum Gasteiger partial charge on any atom is -0.235 e. The zero-order valence-corrected chi connectivity index (χ0v) is 13.5. The highest BCUT2D eigenvalue weighted by Crippen LogP contribution is 2.22. The zero-order valence-electron chi connectivity index (χ0n) is 13.5. The van der Waals surface area contributed by atoms with Gasteiger partial charge in [0.15, 0.2) is 5.82 Å². The van der Waals surface area contributed by atoms with E-state index >= 15 is 0 Å². The molecule has 2 aromatic carbocycles. The molecule has 0 spiro atoms. The largest absolute Gasteiger partial charge is 0.235 e. The maximum absolute atomic E-state index is 13.2. The van der Waals surface area contributed by atoms with Crippen LogP contribution in [-0.4, -0.2) is 16.4 Å². The van der Waals surface area contributed by atoms with E-state index in [1.165, 1.54) is 17.7 Å². The van der Waals surface area contributed by atoms with Crippen LogP contribution in [-0.2, 0) is 6.42 Å². The molecule has 120 valence electrons. The minimum absolute atomic E-state index is 0.225. The molecule has 0 unspecified atom stereocenters. The highest BCUT2D eigenvalue weighted by atomic mass is 19.1. The van der Waals surface area contributed by atoms with E-state index in [4.69, 9.17) is 0 Å². The molecule has 3 aromatic rings. The zero-order chi connectivity index (χ0) is 16.9. The molecule has 0 aliphatic carbocycles. The lowest BCUT2D eigenvalue weighted by molar-refractivity contribution is 0.626. The number of imidazole rings is 1. The van der Waals surface area contributed by atoms with Gasteiger partial charge in [-0.1, -0.05) is 48.0 Å². The lowest BCUT2D eigenvalue weighted by Crippen LogP contribution is -1.94. The third-order valence-corrected chi connectivity index (χ3v) is 3.76. The predicted molar refractivity (Wildman–Crippen MR) is 96.5 cm³/mol. The van der Waals surface area contributed by atoms with Crippen molar-refractivity contribution in [3.05, 3.63) is 83.6 Å². The Kier molecular flexibility index (Phi) is 4.66. The van der Waals surface area contributed by atoms with Crippen molar-refractivity contribution in [2.45, 2.75) is 13.3 Å². The number of rotatable bonds is 5. The summed E-state index contributed by atoms with van der Waals surface area (Å²) in [6.07, 6.45) is 6.22. The van der Waals surface area contributed by atoms with Crippen LogP contribution in [0.3, 0.4) is 0 Å². The maximum Gasteiger partial charge on any atom is 0.153 e. The second-order valence-corrected chi connectivity index (χ2v) is 5.56. The molecule has 0 bridgehead atoms. The Morgan fingerprint density at radius 1 is 1.21 bits per heavy atom. The highest BCUT2D eigenvalue weighted by molar-refractivity contribution is 5.62. The van der Waals surface area contributed by atoms with Gasteiger partial charge < -0.3 is 0 Å². The molecule has 0 N–H and O–H groups in total. The average Bonchev–Trinajstić information content (AvgIpc) is 2.98. The fraction of sp³-hybridized carbons (Fsp3) is 0.100. The Balaban J connectivity index is 1.83. The summed E-state index contributed by atoms with van der Waals surface area (Å²) >= 11 is 0. The molecule has 0 aliphatic heterocycles. The molecular weight excluding hydrogens is 301 g/mol. The molecule has 3 rings (SSSR count). The van der Waals surface area contributed by atoms with Crippen LogP contribution in [0.15, 0.2) is 65.9 Å². The van der Waals surface area contributed by atoms with Gasteiger partial charge in [0.1, 0.15) is 5.82 Å². The average molecular weight is 319 g/mol. The molecule has 0 saturated heterocycles. The Bertz CT molecular complexity index is 876. The van der Waals surface area contributed by atoms with Crippen LogP contribution in [0, 0.1) is 12.7 Å². The summed E-state index contributed by atoms with van der Waals surface area (Å²) in [5.74, 6) is 0.466. The Hall–Kier alpha value is -3.01. The van der Waals surface area contributed by atoms with Gasteiger partial charge in [-0.2, -0.15) is 5.10 Å². The number of aryl methyl sites for hydroxylation is 1. The first-order chi connectivity index (χ1) is 11.7. The molecule has 0 saturated carbocycles. The van der Waals surface area contributed by atoms with Crippen LogP contribution in [0.4, 0.5) is 4.39 Å². The standard InChI is InChI=1S/C20H18FN3/c1-15-9-11-17(12-10-15)19-14-23-20(24(19)22-2)8-4-6-16-5-3-7-18(21)13-16/h3-5,7-14H,2,6H2,1H3/b8-4-. The van der Waals surface area contributed by atoms with Crippen LogP contribution in [0.2, 0.25) is 0 Å². The number of benzene rings is 2. The van der Waals surface area contributed by atoms with Crippen LogP contribution < -0.4 is 0 Å². The SMILES string of the molecule is C=Nn1c(-c2ccc(C)cc2)cnc1/C=C\Cc1cccc(F)c1. The monoisotopic (exact) mass is 319 g/mol. The number of halogens is 1. The van der Waals surface area contributed by atoms with Gasteiger partial charge in [-0.05, 0) is 37.1 Å². The van der Waals surface area contributed by atoms with E-state index in [1.807, 2.05) is 37.3 Å². The van der Waals surface area contributed by atoms with E-state index in [0.717, 1.165) is 16.8 Å². The van der Waals surface area contributed by atoms with E-state index in [0.29, 0.717) is 12.2 Å². The molecule has 0 aliphatic rings. The summed E-state index contributed by atoms with van der Waals surface area (Å²) in [6, 6.07) is 14.7. The number of aromatic nitrogens is 2. The van der Waals surface area contributed by atoms with Crippen molar-refractivity contribution >= 4 is 12.8 Å². The van der Waals surface area contributed by atoms with Crippen LogP contribution in [0.25, 0.3) is 17.3 Å². The van der Waals surface area contributed by atoms with Gasteiger partial charge in [-0.25, -0.2) is 14.1 Å². The molecule has 24 heavy (non-hydrogen) atoms. The van der Waals surface area contributed by atoms with E-state index in [-0.39, 0.29) is 5.82 Å². The van der Waals surface area contributed by atoms with Crippen LogP contribution in [0.5, 0.6) is 0 Å². The van der Waals surface area contributed by atoms with Gasteiger partial charge in [0.2, 0.25) is 0 Å². The van der Waals surface area contributed by atoms with Crippen molar-refractivity contribution in [2.24, 2.45) is 5.10 Å². The number of hydrogen-bond acceptors (Lipinski definition) is 2. The molecule has 0 fully saturated rings. The summed E-state index contributed by atoms with van der Waals surface area (Å²) in [4.78, 5) is 4.40. The first-order valence-corrected chi connectivity index (χ1v) is 7.70. The third kappa shape index (κ3) is 3.49. The normalized spacial score (nSPS) is 11.1. The number of nitrogens with zero attached hydrogens (tertiary/aromatic N) is 3. The summed E-state index contributed by atoms with van der Waals surface area (Å²) in [5, 5.41) is 4.06. The topological polar surface area (TPSA) is 30.2 Å². The van der Waals surface area contributed by atoms with Crippen molar-refractivity contribution in [2.75, 3.05) is 0 Å². The second kappa shape index (κ2) is 7.04. The smallest absolute Gasteiger partial charge is 0.153 e. The Morgan fingerprint density at radius 3 is 2.71 bits per heavy atom. The lowest BCUT2D eigenvalue weighted by atomic mass is 10.1. The van der Waals surface area contributed by atoms with Gasteiger partial charge in [0.05, 0.1) is 11.9 Å². The second-order valence-electron chi connectivity index (χ2n) is 5.56. The molecule has 1 aromatic heterocycles. The summed E-state index contributed by atoms with van der Waals surface area (Å²) in [6.45, 7) is 5.68. The van der Waals surface area contributed by atoms with Crippen molar-refractivity contribution < 1.29 is 4.39 Å². The third-order valence-electron chi connectivity index (χ3n) is 3.76. The van der Waals surface area contributed by atoms with Gasteiger partial charge >= 0.3 is 0 Å². The van der Waals surface area contributed by atoms with Gasteiger partial charge in [0, 0.05) is 12.3 Å².